The summed E-state index contributed by atoms with van der Waals surface area (Å²) in [6.45, 7) is 6.69. The van der Waals surface area contributed by atoms with Gasteiger partial charge < -0.3 is 19.8 Å². The third-order valence-corrected chi connectivity index (χ3v) is 4.87. The van der Waals surface area contributed by atoms with Gasteiger partial charge in [-0.15, -0.1) is 0 Å². The first-order valence-electron chi connectivity index (χ1n) is 10.5. The molecule has 0 bridgehead atoms. The summed E-state index contributed by atoms with van der Waals surface area (Å²) in [6, 6.07) is 11.2. The van der Waals surface area contributed by atoms with E-state index >= 15 is 0 Å². The molecule has 0 saturated carbocycles. The van der Waals surface area contributed by atoms with Crippen LogP contribution in [0.15, 0.2) is 48.7 Å². The van der Waals surface area contributed by atoms with Gasteiger partial charge in [-0.3, -0.25) is 10.1 Å². The van der Waals surface area contributed by atoms with Crippen LogP contribution in [0.2, 0.25) is 0 Å². The minimum absolute atomic E-state index is 0.143. The lowest BCUT2D eigenvalue weighted by molar-refractivity contribution is -0.385. The molecule has 3 aromatic rings. The molecule has 9 heteroatoms. The minimum atomic E-state index is -1.01. The molecule has 33 heavy (non-hydrogen) atoms. The van der Waals surface area contributed by atoms with Gasteiger partial charge in [-0.1, -0.05) is 29.8 Å². The van der Waals surface area contributed by atoms with Gasteiger partial charge in [-0.25, -0.2) is 9.59 Å². The van der Waals surface area contributed by atoms with Gasteiger partial charge in [0.2, 0.25) is 0 Å². The molecule has 174 valence electrons. The number of fused-ring (bicyclic) bond motifs is 1. The molecule has 1 amide bonds. The van der Waals surface area contributed by atoms with E-state index in [9.17, 15) is 19.7 Å². The number of aromatic amines is 1. The quantitative estimate of drug-likeness (QED) is 0.307. The number of H-pyrrole nitrogens is 1. The number of carbonyl (C=O) groups is 2. The lowest BCUT2D eigenvalue weighted by Gasteiger charge is -2.24. The number of ether oxygens (including phenoxy) is 2. The van der Waals surface area contributed by atoms with Crippen LogP contribution in [0.25, 0.3) is 10.9 Å². The van der Waals surface area contributed by atoms with Crippen LogP contribution in [0.3, 0.4) is 0 Å². The number of hydrogen-bond donors (Lipinski definition) is 2. The van der Waals surface area contributed by atoms with Crippen LogP contribution in [-0.4, -0.2) is 33.6 Å². The lowest BCUT2D eigenvalue weighted by atomic mass is 10.0. The summed E-state index contributed by atoms with van der Waals surface area (Å²) in [5.74, 6) is -0.605. The van der Waals surface area contributed by atoms with E-state index in [2.05, 4.69) is 10.3 Å². The molecule has 0 aliphatic rings. The molecule has 0 aliphatic carbocycles. The third kappa shape index (κ3) is 6.31. The Morgan fingerprint density at radius 3 is 2.58 bits per heavy atom. The zero-order chi connectivity index (χ0) is 24.2. The van der Waals surface area contributed by atoms with Crippen molar-refractivity contribution in [3.8, 4) is 0 Å². The van der Waals surface area contributed by atoms with E-state index in [1.54, 1.807) is 46.0 Å². The number of aryl methyl sites for hydroxylation is 1. The Morgan fingerprint density at radius 2 is 1.88 bits per heavy atom. The number of aromatic nitrogens is 1. The predicted octanol–water partition coefficient (Wildman–Crippen LogP) is 4.56. The smallest absolute Gasteiger partial charge is 0.408 e. The molecule has 1 unspecified atom stereocenters. The second-order valence-corrected chi connectivity index (χ2v) is 8.76. The highest BCUT2D eigenvalue weighted by Crippen LogP contribution is 2.22. The van der Waals surface area contributed by atoms with Crippen LogP contribution in [0.5, 0.6) is 0 Å². The maximum Gasteiger partial charge on any atom is 0.408 e. The normalized spacial score (nSPS) is 12.2. The molecule has 0 spiro atoms. The fourth-order valence-electron chi connectivity index (χ4n) is 3.42. The number of hydrogen-bond acceptors (Lipinski definition) is 6. The fourth-order valence-corrected chi connectivity index (χ4v) is 3.42. The SMILES string of the molecule is Cc1ccc([N+](=O)[O-])c(COC(=O)NC(Cc2c[nH]c3ccccc23)C(=O)OC(C)(C)C)c1. The average molecular weight is 453 g/mol. The first kappa shape index (κ1) is 23.8. The fraction of sp³-hybridized carbons (Fsp3) is 0.333. The number of alkyl carbamates (subject to hydrolysis) is 1. The minimum Gasteiger partial charge on any atom is -0.458 e. The van der Waals surface area contributed by atoms with Crippen LogP contribution in [0.4, 0.5) is 10.5 Å². The zero-order valence-corrected chi connectivity index (χ0v) is 19.0. The van der Waals surface area contributed by atoms with Crippen LogP contribution >= 0.6 is 0 Å². The number of amides is 1. The van der Waals surface area contributed by atoms with Crippen molar-refractivity contribution in [3.63, 3.8) is 0 Å². The van der Waals surface area contributed by atoms with Crippen molar-refractivity contribution in [3.05, 3.63) is 75.5 Å². The number of nitrogens with one attached hydrogen (secondary N) is 2. The summed E-state index contributed by atoms with van der Waals surface area (Å²) in [5, 5.41) is 14.7. The topological polar surface area (TPSA) is 124 Å². The van der Waals surface area contributed by atoms with Crippen molar-refractivity contribution in [1.82, 2.24) is 10.3 Å². The van der Waals surface area contributed by atoms with Crippen molar-refractivity contribution < 1.29 is 24.0 Å². The van der Waals surface area contributed by atoms with Gasteiger partial charge in [0.05, 0.1) is 10.5 Å². The number of para-hydroxylation sites is 1. The molecule has 3 rings (SSSR count). The third-order valence-electron chi connectivity index (χ3n) is 4.87. The van der Waals surface area contributed by atoms with Crippen molar-refractivity contribution >= 4 is 28.7 Å². The van der Waals surface area contributed by atoms with E-state index in [1.165, 1.54) is 6.07 Å². The Bertz CT molecular complexity index is 1180. The van der Waals surface area contributed by atoms with E-state index in [-0.39, 0.29) is 24.3 Å². The highest BCUT2D eigenvalue weighted by Gasteiger charge is 2.28. The number of carbonyl (C=O) groups excluding carboxylic acids is 2. The predicted molar refractivity (Wildman–Crippen MR) is 123 cm³/mol. The Hall–Kier alpha value is -3.88. The maximum absolute atomic E-state index is 12.8. The van der Waals surface area contributed by atoms with E-state index in [1.807, 2.05) is 24.3 Å². The van der Waals surface area contributed by atoms with Gasteiger partial charge >= 0.3 is 12.1 Å². The molecule has 1 atom stereocenters. The summed E-state index contributed by atoms with van der Waals surface area (Å²) in [7, 11) is 0. The van der Waals surface area contributed by atoms with Gasteiger partial charge in [0, 0.05) is 29.6 Å². The van der Waals surface area contributed by atoms with Crippen molar-refractivity contribution in [2.75, 3.05) is 0 Å². The number of esters is 1. The van der Waals surface area contributed by atoms with Crippen LogP contribution in [0, 0.1) is 17.0 Å². The first-order chi connectivity index (χ1) is 15.5. The average Bonchev–Trinajstić information content (AvgIpc) is 3.13. The highest BCUT2D eigenvalue weighted by atomic mass is 16.6. The molecular formula is C24H27N3O6. The standard InChI is InChI=1S/C24H27N3O6/c1-15-9-10-21(27(30)31)17(11-15)14-32-23(29)26-20(22(28)33-24(2,3)4)12-16-13-25-19-8-6-5-7-18(16)19/h5-11,13,20,25H,12,14H2,1-4H3,(H,26,29). The molecule has 0 aliphatic heterocycles. The van der Waals surface area contributed by atoms with Crippen molar-refractivity contribution in [2.45, 2.75) is 52.4 Å². The van der Waals surface area contributed by atoms with Gasteiger partial charge in [-0.2, -0.15) is 0 Å². The number of benzene rings is 2. The summed E-state index contributed by atoms with van der Waals surface area (Å²) >= 11 is 0. The summed E-state index contributed by atoms with van der Waals surface area (Å²) in [4.78, 5) is 39.2. The monoisotopic (exact) mass is 453 g/mol. The molecule has 0 fully saturated rings. The summed E-state index contributed by atoms with van der Waals surface area (Å²) < 4.78 is 10.7. The zero-order valence-electron chi connectivity index (χ0n) is 19.0. The molecule has 2 N–H and O–H groups in total. The highest BCUT2D eigenvalue weighted by molar-refractivity contribution is 5.86. The Labute approximate surface area is 191 Å². The van der Waals surface area contributed by atoms with E-state index < -0.39 is 28.6 Å². The second-order valence-electron chi connectivity index (χ2n) is 8.76. The summed E-state index contributed by atoms with van der Waals surface area (Å²) in [5.41, 5.74) is 1.91. The van der Waals surface area contributed by atoms with Gasteiger partial charge in [0.15, 0.2) is 0 Å². The van der Waals surface area contributed by atoms with Gasteiger partial charge in [0.1, 0.15) is 18.2 Å². The molecular weight excluding hydrogens is 426 g/mol. The van der Waals surface area contributed by atoms with Gasteiger partial charge in [-0.05, 0) is 45.4 Å². The van der Waals surface area contributed by atoms with E-state index in [0.717, 1.165) is 22.0 Å². The number of rotatable bonds is 7. The maximum atomic E-state index is 12.8. The van der Waals surface area contributed by atoms with E-state index in [0.29, 0.717) is 0 Å². The Morgan fingerprint density at radius 1 is 1.15 bits per heavy atom. The number of nitrogens with zero attached hydrogens (tertiary/aromatic N) is 1. The summed E-state index contributed by atoms with van der Waals surface area (Å²) in [6.07, 6.45) is 1.09. The molecule has 1 heterocycles. The van der Waals surface area contributed by atoms with Gasteiger partial charge in [0.25, 0.3) is 5.69 Å². The first-order valence-corrected chi connectivity index (χ1v) is 10.5. The molecule has 2 aromatic carbocycles. The Balaban J connectivity index is 1.75. The lowest BCUT2D eigenvalue weighted by Crippen LogP contribution is -2.45. The molecule has 9 nitrogen and oxygen atoms in total. The van der Waals surface area contributed by atoms with Crippen molar-refractivity contribution in [1.29, 1.82) is 0 Å². The number of nitro benzene ring substituents is 1. The van der Waals surface area contributed by atoms with Crippen LogP contribution < -0.4 is 5.32 Å². The number of nitro groups is 1. The van der Waals surface area contributed by atoms with Crippen molar-refractivity contribution in [2.24, 2.45) is 0 Å². The van der Waals surface area contributed by atoms with Crippen LogP contribution in [-0.2, 0) is 27.3 Å². The second kappa shape index (κ2) is 9.72. The molecule has 0 radical (unpaired) electrons. The van der Waals surface area contributed by atoms with E-state index in [4.69, 9.17) is 9.47 Å². The Kier molecular flexibility index (Phi) is 7.01. The molecule has 1 aromatic heterocycles. The largest absolute Gasteiger partial charge is 0.458 e. The van der Waals surface area contributed by atoms with Crippen LogP contribution in [0.1, 0.15) is 37.5 Å². The molecule has 0 saturated heterocycles.